The Kier molecular flexibility index (Phi) is 5.57. The van der Waals surface area contributed by atoms with E-state index in [1.54, 1.807) is 12.1 Å². The highest BCUT2D eigenvalue weighted by molar-refractivity contribution is 5.89. The minimum Gasteiger partial charge on any atom is -0.462 e. The second kappa shape index (κ2) is 7.01. The van der Waals surface area contributed by atoms with Crippen LogP contribution in [0.15, 0.2) is 24.3 Å². The molecule has 2 N–H and O–H groups in total. The number of benzene rings is 1. The average Bonchev–Trinajstić information content (AvgIpc) is 2.34. The maximum atomic E-state index is 11.6. The lowest BCUT2D eigenvalue weighted by atomic mass is 10.1. The van der Waals surface area contributed by atoms with E-state index in [9.17, 15) is 4.79 Å². The number of rotatable bonds is 6. The van der Waals surface area contributed by atoms with Crippen LogP contribution in [0.3, 0.4) is 0 Å². The van der Waals surface area contributed by atoms with Gasteiger partial charge >= 0.3 is 5.97 Å². The van der Waals surface area contributed by atoms with Gasteiger partial charge in [0.05, 0.1) is 12.2 Å². The molecule has 16 heavy (non-hydrogen) atoms. The molecule has 0 aromatic heterocycles. The molecule has 0 fully saturated rings. The van der Waals surface area contributed by atoms with E-state index >= 15 is 0 Å². The van der Waals surface area contributed by atoms with E-state index in [0.29, 0.717) is 18.7 Å². The number of nitrogens with two attached hydrogens (primary N) is 1. The predicted molar refractivity (Wildman–Crippen MR) is 64.1 cm³/mol. The molecule has 3 heteroatoms. The standard InChI is InChI=1S/C13H19NO2/c1-2-3-4-8-16-13(15)12-7-5-6-11(9-12)10-14/h5-7,9H,2-4,8,10,14H2,1H3. The Morgan fingerprint density at radius 3 is 2.88 bits per heavy atom. The molecule has 0 spiro atoms. The van der Waals surface area contributed by atoms with Gasteiger partial charge in [0.15, 0.2) is 0 Å². The van der Waals surface area contributed by atoms with Crippen LogP contribution in [-0.2, 0) is 11.3 Å². The molecule has 0 aliphatic rings. The first kappa shape index (κ1) is 12.7. The Labute approximate surface area is 96.6 Å². The van der Waals surface area contributed by atoms with Crippen molar-refractivity contribution >= 4 is 5.97 Å². The van der Waals surface area contributed by atoms with Gasteiger partial charge in [-0.2, -0.15) is 0 Å². The van der Waals surface area contributed by atoms with Crippen LogP contribution >= 0.6 is 0 Å². The van der Waals surface area contributed by atoms with E-state index in [2.05, 4.69) is 6.92 Å². The molecule has 0 bridgehead atoms. The van der Waals surface area contributed by atoms with Gasteiger partial charge in [0.25, 0.3) is 0 Å². The van der Waals surface area contributed by atoms with Gasteiger partial charge in [0.2, 0.25) is 0 Å². The van der Waals surface area contributed by atoms with Crippen LogP contribution in [-0.4, -0.2) is 12.6 Å². The van der Waals surface area contributed by atoms with E-state index < -0.39 is 0 Å². The number of esters is 1. The molecule has 0 atom stereocenters. The van der Waals surface area contributed by atoms with E-state index in [1.165, 1.54) is 0 Å². The highest BCUT2D eigenvalue weighted by Gasteiger charge is 2.06. The Bertz CT molecular complexity index is 336. The van der Waals surface area contributed by atoms with Gasteiger partial charge in [0, 0.05) is 6.54 Å². The fourth-order valence-electron chi connectivity index (χ4n) is 1.43. The minimum atomic E-state index is -0.258. The molecular formula is C13H19NO2. The third kappa shape index (κ3) is 4.03. The third-order valence-corrected chi connectivity index (χ3v) is 2.38. The second-order valence-corrected chi connectivity index (χ2v) is 3.75. The van der Waals surface area contributed by atoms with Gasteiger partial charge in [-0.05, 0) is 24.1 Å². The zero-order chi connectivity index (χ0) is 11.8. The van der Waals surface area contributed by atoms with E-state index in [-0.39, 0.29) is 5.97 Å². The van der Waals surface area contributed by atoms with Gasteiger partial charge in [-0.1, -0.05) is 31.9 Å². The van der Waals surface area contributed by atoms with Crippen molar-refractivity contribution in [1.29, 1.82) is 0 Å². The molecule has 0 heterocycles. The van der Waals surface area contributed by atoms with Crippen LogP contribution in [0.25, 0.3) is 0 Å². The van der Waals surface area contributed by atoms with Crippen LogP contribution in [0, 0.1) is 0 Å². The highest BCUT2D eigenvalue weighted by atomic mass is 16.5. The molecule has 0 aliphatic heterocycles. The number of unbranched alkanes of at least 4 members (excludes halogenated alkanes) is 2. The van der Waals surface area contributed by atoms with Crippen LogP contribution in [0.1, 0.15) is 42.1 Å². The van der Waals surface area contributed by atoms with Crippen molar-refractivity contribution in [3.05, 3.63) is 35.4 Å². The molecule has 0 saturated carbocycles. The maximum Gasteiger partial charge on any atom is 0.338 e. The van der Waals surface area contributed by atoms with Crippen molar-refractivity contribution in [2.75, 3.05) is 6.61 Å². The highest BCUT2D eigenvalue weighted by Crippen LogP contribution is 2.07. The summed E-state index contributed by atoms with van der Waals surface area (Å²) in [5, 5.41) is 0. The summed E-state index contributed by atoms with van der Waals surface area (Å²) < 4.78 is 5.15. The van der Waals surface area contributed by atoms with Crippen molar-refractivity contribution in [2.24, 2.45) is 5.73 Å². The fraction of sp³-hybridized carbons (Fsp3) is 0.462. The molecular weight excluding hydrogens is 202 g/mol. The van der Waals surface area contributed by atoms with E-state index in [4.69, 9.17) is 10.5 Å². The van der Waals surface area contributed by atoms with Crippen molar-refractivity contribution in [2.45, 2.75) is 32.7 Å². The normalized spacial score (nSPS) is 10.1. The summed E-state index contributed by atoms with van der Waals surface area (Å²) in [6.45, 7) is 3.06. The number of ether oxygens (including phenoxy) is 1. The Morgan fingerprint density at radius 2 is 2.19 bits per heavy atom. The van der Waals surface area contributed by atoms with Crippen molar-refractivity contribution in [1.82, 2.24) is 0 Å². The first-order chi connectivity index (χ1) is 7.77. The molecule has 1 rings (SSSR count). The summed E-state index contributed by atoms with van der Waals surface area (Å²) in [6, 6.07) is 7.25. The number of carbonyl (C=O) groups excluding carboxylic acids is 1. The smallest absolute Gasteiger partial charge is 0.338 e. The number of hydrogen-bond acceptors (Lipinski definition) is 3. The number of hydrogen-bond donors (Lipinski definition) is 1. The molecule has 0 aliphatic carbocycles. The Hall–Kier alpha value is -1.35. The zero-order valence-corrected chi connectivity index (χ0v) is 9.74. The maximum absolute atomic E-state index is 11.6. The first-order valence-corrected chi connectivity index (χ1v) is 5.74. The lowest BCUT2D eigenvalue weighted by Gasteiger charge is -2.05. The third-order valence-electron chi connectivity index (χ3n) is 2.38. The summed E-state index contributed by atoms with van der Waals surface area (Å²) in [6.07, 6.45) is 3.15. The summed E-state index contributed by atoms with van der Waals surface area (Å²) in [7, 11) is 0. The monoisotopic (exact) mass is 221 g/mol. The largest absolute Gasteiger partial charge is 0.462 e. The molecule has 0 radical (unpaired) electrons. The van der Waals surface area contributed by atoms with Crippen LogP contribution < -0.4 is 5.73 Å². The van der Waals surface area contributed by atoms with Crippen LogP contribution in [0.5, 0.6) is 0 Å². The minimum absolute atomic E-state index is 0.258. The predicted octanol–water partition coefficient (Wildman–Crippen LogP) is 2.49. The van der Waals surface area contributed by atoms with Crippen molar-refractivity contribution < 1.29 is 9.53 Å². The average molecular weight is 221 g/mol. The lowest BCUT2D eigenvalue weighted by molar-refractivity contribution is 0.0498. The molecule has 0 amide bonds. The topological polar surface area (TPSA) is 52.3 Å². The van der Waals surface area contributed by atoms with Gasteiger partial charge in [0.1, 0.15) is 0 Å². The van der Waals surface area contributed by atoms with Gasteiger partial charge in [-0.15, -0.1) is 0 Å². The summed E-state index contributed by atoms with van der Waals surface area (Å²) in [4.78, 5) is 11.6. The molecule has 88 valence electrons. The summed E-state index contributed by atoms with van der Waals surface area (Å²) in [5.41, 5.74) is 7.04. The van der Waals surface area contributed by atoms with Gasteiger partial charge < -0.3 is 10.5 Å². The van der Waals surface area contributed by atoms with Crippen LogP contribution in [0.2, 0.25) is 0 Å². The fourth-order valence-corrected chi connectivity index (χ4v) is 1.43. The Morgan fingerprint density at radius 1 is 1.38 bits per heavy atom. The van der Waals surface area contributed by atoms with Crippen molar-refractivity contribution in [3.8, 4) is 0 Å². The van der Waals surface area contributed by atoms with Crippen LogP contribution in [0.4, 0.5) is 0 Å². The lowest BCUT2D eigenvalue weighted by Crippen LogP contribution is -2.07. The zero-order valence-electron chi connectivity index (χ0n) is 9.74. The molecule has 1 aromatic rings. The van der Waals surface area contributed by atoms with Crippen molar-refractivity contribution in [3.63, 3.8) is 0 Å². The first-order valence-electron chi connectivity index (χ1n) is 5.74. The SMILES string of the molecule is CCCCCOC(=O)c1cccc(CN)c1. The van der Waals surface area contributed by atoms with E-state index in [0.717, 1.165) is 24.8 Å². The molecule has 0 saturated heterocycles. The van der Waals surface area contributed by atoms with E-state index in [1.807, 2.05) is 12.1 Å². The van der Waals surface area contributed by atoms with Gasteiger partial charge in [-0.25, -0.2) is 4.79 Å². The Balaban J connectivity index is 2.46. The summed E-state index contributed by atoms with van der Waals surface area (Å²) in [5.74, 6) is -0.258. The molecule has 1 aromatic carbocycles. The summed E-state index contributed by atoms with van der Waals surface area (Å²) >= 11 is 0. The molecule has 0 unspecified atom stereocenters. The second-order valence-electron chi connectivity index (χ2n) is 3.75. The molecule has 3 nitrogen and oxygen atoms in total. The number of carbonyl (C=O) groups is 1. The quantitative estimate of drug-likeness (QED) is 0.593. The van der Waals surface area contributed by atoms with Gasteiger partial charge in [-0.3, -0.25) is 0 Å².